The first kappa shape index (κ1) is 16.5. The molecule has 0 amide bonds. The van der Waals surface area contributed by atoms with Gasteiger partial charge < -0.3 is 5.41 Å². The van der Waals surface area contributed by atoms with Crippen LogP contribution in [0.15, 0.2) is 11.6 Å². The molecule has 0 bridgehead atoms. The van der Waals surface area contributed by atoms with E-state index in [1.165, 1.54) is 18.4 Å². The van der Waals surface area contributed by atoms with Gasteiger partial charge in [-0.15, -0.1) is 0 Å². The Morgan fingerprint density at radius 3 is 2.41 bits per heavy atom. The lowest BCUT2D eigenvalue weighted by Crippen LogP contribution is -2.10. The minimum atomic E-state index is 0.222. The molecule has 0 aliphatic heterocycles. The van der Waals surface area contributed by atoms with Crippen molar-refractivity contribution in [1.82, 2.24) is 0 Å². The van der Waals surface area contributed by atoms with Crippen LogP contribution in [0.3, 0.4) is 0 Å². The maximum atomic E-state index is 7.95. The predicted molar refractivity (Wildman–Crippen MR) is 80.4 cm³/mol. The third-order valence-corrected chi connectivity index (χ3v) is 2.94. The average Bonchev–Trinajstić information content (AvgIpc) is 2.13. The van der Waals surface area contributed by atoms with Gasteiger partial charge in [-0.25, -0.2) is 0 Å². The van der Waals surface area contributed by atoms with Crippen molar-refractivity contribution in [2.24, 2.45) is 5.41 Å². The first-order chi connectivity index (χ1) is 7.74. The summed E-state index contributed by atoms with van der Waals surface area (Å²) in [5, 5.41) is 7.95. The molecule has 0 saturated carbocycles. The lowest BCUT2D eigenvalue weighted by Gasteiger charge is -2.17. The highest BCUT2D eigenvalue weighted by Gasteiger charge is 2.11. The van der Waals surface area contributed by atoms with Crippen LogP contribution in [0.5, 0.6) is 0 Å². The molecule has 0 rings (SSSR count). The van der Waals surface area contributed by atoms with Gasteiger partial charge in [0.15, 0.2) is 0 Å². The summed E-state index contributed by atoms with van der Waals surface area (Å²) >= 11 is 0. The Morgan fingerprint density at radius 1 is 1.35 bits per heavy atom. The molecule has 0 aliphatic carbocycles. The number of hydrogen-bond acceptors (Lipinski definition) is 1. The SMILES string of the molecule is C[B]C(C)CCCC(C)=CC(=N)CC(C)(C)C. The van der Waals surface area contributed by atoms with Crippen molar-refractivity contribution < 1.29 is 0 Å². The van der Waals surface area contributed by atoms with E-state index in [9.17, 15) is 0 Å². The van der Waals surface area contributed by atoms with Crippen molar-refractivity contribution >= 4 is 13.0 Å². The maximum absolute atomic E-state index is 7.95. The Hall–Kier alpha value is -0.525. The highest BCUT2D eigenvalue weighted by Crippen LogP contribution is 2.20. The van der Waals surface area contributed by atoms with E-state index in [2.05, 4.69) is 54.8 Å². The Kier molecular flexibility index (Phi) is 7.50. The van der Waals surface area contributed by atoms with E-state index in [4.69, 9.17) is 5.41 Å². The fraction of sp³-hybridized carbons (Fsp3) is 0.800. The van der Waals surface area contributed by atoms with Gasteiger partial charge in [0.2, 0.25) is 0 Å². The molecule has 0 aliphatic rings. The van der Waals surface area contributed by atoms with Crippen LogP contribution in [0.4, 0.5) is 0 Å². The van der Waals surface area contributed by atoms with Crippen LogP contribution in [0.25, 0.3) is 0 Å². The van der Waals surface area contributed by atoms with E-state index in [0.717, 1.165) is 24.4 Å². The zero-order valence-corrected chi connectivity index (χ0v) is 12.6. The fourth-order valence-corrected chi connectivity index (χ4v) is 1.86. The molecule has 0 spiro atoms. The van der Waals surface area contributed by atoms with Crippen molar-refractivity contribution in [1.29, 1.82) is 5.41 Å². The molecule has 1 unspecified atom stereocenters. The highest BCUT2D eigenvalue weighted by molar-refractivity contribution is 6.35. The third-order valence-electron chi connectivity index (χ3n) is 2.94. The van der Waals surface area contributed by atoms with E-state index in [-0.39, 0.29) is 5.41 Å². The summed E-state index contributed by atoms with van der Waals surface area (Å²) in [6, 6.07) is 0. The number of hydrogen-bond donors (Lipinski definition) is 1. The minimum absolute atomic E-state index is 0.222. The van der Waals surface area contributed by atoms with Gasteiger partial charge in [0, 0.05) is 5.71 Å². The summed E-state index contributed by atoms with van der Waals surface area (Å²) < 4.78 is 0. The second kappa shape index (κ2) is 7.73. The van der Waals surface area contributed by atoms with Crippen LogP contribution in [0, 0.1) is 10.8 Å². The van der Waals surface area contributed by atoms with Crippen LogP contribution in [-0.2, 0) is 0 Å². The van der Waals surface area contributed by atoms with Gasteiger partial charge in [0.25, 0.3) is 0 Å². The van der Waals surface area contributed by atoms with Crippen LogP contribution in [0.1, 0.15) is 60.3 Å². The quantitative estimate of drug-likeness (QED) is 0.467. The van der Waals surface area contributed by atoms with Gasteiger partial charge in [-0.3, -0.25) is 0 Å². The van der Waals surface area contributed by atoms with Gasteiger partial charge in [-0.05, 0) is 37.7 Å². The van der Waals surface area contributed by atoms with Crippen LogP contribution >= 0.6 is 0 Å². The fourth-order valence-electron chi connectivity index (χ4n) is 1.86. The first-order valence-electron chi connectivity index (χ1n) is 6.78. The summed E-state index contributed by atoms with van der Waals surface area (Å²) in [4.78, 5) is 0. The van der Waals surface area contributed by atoms with E-state index in [1.54, 1.807) is 0 Å². The molecule has 97 valence electrons. The molecule has 0 aromatic rings. The molecule has 0 aromatic heterocycles. The lowest BCUT2D eigenvalue weighted by molar-refractivity contribution is 0.434. The summed E-state index contributed by atoms with van der Waals surface area (Å²) in [5.74, 6) is 0.719. The van der Waals surface area contributed by atoms with Crippen molar-refractivity contribution in [2.75, 3.05) is 0 Å². The summed E-state index contributed by atoms with van der Waals surface area (Å²) in [5.41, 5.74) is 2.34. The summed E-state index contributed by atoms with van der Waals surface area (Å²) in [6.45, 7) is 13.1. The summed E-state index contributed by atoms with van der Waals surface area (Å²) in [6.07, 6.45) is 6.55. The number of rotatable bonds is 7. The largest absolute Gasteiger partial charge is 0.305 e. The number of nitrogens with one attached hydrogen (secondary N) is 1. The molecule has 1 nitrogen and oxygen atoms in total. The molecule has 1 atom stereocenters. The predicted octanol–water partition coefficient (Wildman–Crippen LogP) is 5.12. The van der Waals surface area contributed by atoms with Gasteiger partial charge in [0.05, 0.1) is 0 Å². The third kappa shape index (κ3) is 10.4. The van der Waals surface area contributed by atoms with Crippen molar-refractivity contribution in [3.63, 3.8) is 0 Å². The van der Waals surface area contributed by atoms with E-state index >= 15 is 0 Å². The average molecular weight is 234 g/mol. The normalized spacial score (nSPS) is 14.6. The second-order valence-corrected chi connectivity index (χ2v) is 6.46. The molecule has 1 radical (unpaired) electrons. The standard InChI is InChI=1S/C15H29BN/c1-12(8-7-9-13(2)16-6)10-14(17)11-15(3,4)5/h10,13,17H,7-9,11H2,1-6H3. The smallest absolute Gasteiger partial charge is 0.109 e. The van der Waals surface area contributed by atoms with Gasteiger partial charge in [-0.2, -0.15) is 0 Å². The zero-order valence-electron chi connectivity index (χ0n) is 12.6. The lowest BCUT2D eigenvalue weighted by atomic mass is 9.66. The van der Waals surface area contributed by atoms with E-state index in [1.807, 2.05) is 0 Å². The Bertz CT molecular complexity index is 261. The Labute approximate surface area is 109 Å². The molecule has 0 saturated heterocycles. The van der Waals surface area contributed by atoms with Gasteiger partial charge in [-0.1, -0.05) is 52.3 Å². The number of allylic oxidation sites excluding steroid dienone is 2. The molecule has 17 heavy (non-hydrogen) atoms. The van der Waals surface area contributed by atoms with E-state index < -0.39 is 0 Å². The highest BCUT2D eigenvalue weighted by atomic mass is 14.4. The maximum Gasteiger partial charge on any atom is 0.109 e. The molecular formula is C15H29BN. The molecule has 0 heterocycles. The van der Waals surface area contributed by atoms with Crippen LogP contribution in [0.2, 0.25) is 12.6 Å². The van der Waals surface area contributed by atoms with Crippen molar-refractivity contribution in [3.05, 3.63) is 11.6 Å². The Morgan fingerprint density at radius 2 is 1.94 bits per heavy atom. The molecular weight excluding hydrogens is 205 g/mol. The Balaban J connectivity index is 3.97. The zero-order chi connectivity index (χ0) is 13.5. The van der Waals surface area contributed by atoms with Crippen molar-refractivity contribution in [2.45, 2.75) is 72.9 Å². The first-order valence-corrected chi connectivity index (χ1v) is 6.78. The van der Waals surface area contributed by atoms with Crippen LogP contribution in [-0.4, -0.2) is 13.0 Å². The van der Waals surface area contributed by atoms with Crippen LogP contribution < -0.4 is 0 Å². The molecule has 0 fully saturated rings. The van der Waals surface area contributed by atoms with Gasteiger partial charge >= 0.3 is 0 Å². The minimum Gasteiger partial charge on any atom is -0.305 e. The van der Waals surface area contributed by atoms with Crippen molar-refractivity contribution in [3.8, 4) is 0 Å². The monoisotopic (exact) mass is 234 g/mol. The van der Waals surface area contributed by atoms with E-state index in [0.29, 0.717) is 0 Å². The topological polar surface area (TPSA) is 23.9 Å². The summed E-state index contributed by atoms with van der Waals surface area (Å²) in [7, 11) is 2.26. The van der Waals surface area contributed by atoms with Gasteiger partial charge in [0.1, 0.15) is 7.28 Å². The molecule has 0 aromatic carbocycles. The molecule has 1 N–H and O–H groups in total. The second-order valence-electron chi connectivity index (χ2n) is 6.46. The molecule has 2 heteroatoms.